The van der Waals surface area contributed by atoms with Gasteiger partial charge in [0.25, 0.3) is 0 Å². The molecule has 7 heteroatoms. The van der Waals surface area contributed by atoms with Crippen LogP contribution in [0, 0.1) is 19.8 Å². The highest BCUT2D eigenvalue weighted by Crippen LogP contribution is 2.15. The van der Waals surface area contributed by atoms with Crippen LogP contribution < -0.4 is 5.73 Å². The van der Waals surface area contributed by atoms with E-state index < -0.39 is 6.04 Å². The molecule has 1 aliphatic rings. The Morgan fingerprint density at radius 3 is 2.25 bits per heavy atom. The molecule has 7 nitrogen and oxygen atoms in total. The zero-order chi connectivity index (χ0) is 17.9. The van der Waals surface area contributed by atoms with Gasteiger partial charge in [-0.15, -0.1) is 0 Å². The van der Waals surface area contributed by atoms with Gasteiger partial charge >= 0.3 is 0 Å². The van der Waals surface area contributed by atoms with Crippen molar-refractivity contribution < 1.29 is 14.1 Å². The number of piperazine rings is 1. The van der Waals surface area contributed by atoms with Crippen LogP contribution in [-0.4, -0.2) is 59.0 Å². The molecule has 0 saturated carbocycles. The van der Waals surface area contributed by atoms with Gasteiger partial charge in [0.15, 0.2) is 0 Å². The number of aryl methyl sites for hydroxylation is 2. The van der Waals surface area contributed by atoms with E-state index in [1.807, 2.05) is 13.8 Å². The Morgan fingerprint density at radius 2 is 1.75 bits per heavy atom. The number of nitrogens with two attached hydrogens (primary N) is 1. The smallest absolute Gasteiger partial charge is 0.239 e. The van der Waals surface area contributed by atoms with Gasteiger partial charge in [-0.25, -0.2) is 0 Å². The Morgan fingerprint density at radius 1 is 1.17 bits per heavy atom. The third-order valence-corrected chi connectivity index (χ3v) is 4.50. The lowest BCUT2D eigenvalue weighted by Gasteiger charge is -2.36. The largest absolute Gasteiger partial charge is 0.361 e. The quantitative estimate of drug-likeness (QED) is 0.861. The number of rotatable bonds is 5. The summed E-state index contributed by atoms with van der Waals surface area (Å²) in [6.07, 6.45) is 0.978. The Hall–Kier alpha value is -1.89. The van der Waals surface area contributed by atoms with Crippen molar-refractivity contribution >= 4 is 11.8 Å². The molecular formula is C17H28N4O3. The second-order valence-corrected chi connectivity index (χ2v) is 6.92. The maximum absolute atomic E-state index is 12.5. The number of nitrogens with zero attached hydrogens (tertiary/aromatic N) is 3. The van der Waals surface area contributed by atoms with Crippen molar-refractivity contribution in [2.24, 2.45) is 11.7 Å². The summed E-state index contributed by atoms with van der Waals surface area (Å²) in [4.78, 5) is 28.4. The first-order valence-corrected chi connectivity index (χ1v) is 8.53. The van der Waals surface area contributed by atoms with Crippen molar-refractivity contribution in [3.05, 3.63) is 17.0 Å². The van der Waals surface area contributed by atoms with E-state index in [-0.39, 0.29) is 11.8 Å². The van der Waals surface area contributed by atoms with E-state index in [4.69, 9.17) is 10.3 Å². The molecule has 2 rings (SSSR count). The van der Waals surface area contributed by atoms with Crippen LogP contribution in [0.5, 0.6) is 0 Å². The van der Waals surface area contributed by atoms with E-state index in [0.29, 0.717) is 50.7 Å². The number of aromatic nitrogens is 1. The minimum atomic E-state index is -0.449. The van der Waals surface area contributed by atoms with Crippen LogP contribution >= 0.6 is 0 Å². The normalized spacial score (nSPS) is 16.6. The highest BCUT2D eigenvalue weighted by Gasteiger charge is 2.28. The number of hydrogen-bond donors (Lipinski definition) is 1. The Bertz CT molecular complexity index is 569. The zero-order valence-corrected chi connectivity index (χ0v) is 15.0. The maximum Gasteiger partial charge on any atom is 0.239 e. The van der Waals surface area contributed by atoms with Gasteiger partial charge in [-0.05, 0) is 26.2 Å². The maximum atomic E-state index is 12.5. The summed E-state index contributed by atoms with van der Waals surface area (Å²) in [5, 5.41) is 3.88. The van der Waals surface area contributed by atoms with Crippen LogP contribution in [-0.2, 0) is 16.0 Å². The van der Waals surface area contributed by atoms with Gasteiger partial charge < -0.3 is 20.1 Å². The van der Waals surface area contributed by atoms with Crippen molar-refractivity contribution in [1.29, 1.82) is 0 Å². The molecule has 1 atom stereocenters. The fourth-order valence-electron chi connectivity index (χ4n) is 3.04. The van der Waals surface area contributed by atoms with Gasteiger partial charge in [0.1, 0.15) is 5.76 Å². The molecule has 0 radical (unpaired) electrons. The number of amides is 2. The summed E-state index contributed by atoms with van der Waals surface area (Å²) in [5.74, 6) is 1.11. The van der Waals surface area contributed by atoms with Crippen molar-refractivity contribution in [3.8, 4) is 0 Å². The van der Waals surface area contributed by atoms with E-state index in [1.54, 1.807) is 9.80 Å². The fourth-order valence-corrected chi connectivity index (χ4v) is 3.04. The molecule has 0 aliphatic carbocycles. The van der Waals surface area contributed by atoms with E-state index in [2.05, 4.69) is 19.0 Å². The third-order valence-electron chi connectivity index (χ3n) is 4.50. The highest BCUT2D eigenvalue weighted by atomic mass is 16.5. The molecular weight excluding hydrogens is 308 g/mol. The number of hydrogen-bond acceptors (Lipinski definition) is 5. The second-order valence-electron chi connectivity index (χ2n) is 6.92. The lowest BCUT2D eigenvalue weighted by Crippen LogP contribution is -2.54. The standard InChI is InChI=1S/C17H28N4O3/c1-11(2)9-15(18)17(23)21-7-5-20(6-8-21)16(22)10-14-12(3)19-24-13(14)4/h11,15H,5-10,18H2,1-4H3/t15-/m0/s1. The van der Waals surface area contributed by atoms with Gasteiger partial charge in [-0.3, -0.25) is 9.59 Å². The van der Waals surface area contributed by atoms with Crippen LogP contribution in [0.15, 0.2) is 4.52 Å². The lowest BCUT2D eigenvalue weighted by molar-refractivity contribution is -0.140. The predicted molar refractivity (Wildman–Crippen MR) is 90.3 cm³/mol. The van der Waals surface area contributed by atoms with Gasteiger partial charge in [-0.1, -0.05) is 19.0 Å². The molecule has 1 saturated heterocycles. The summed E-state index contributed by atoms with van der Waals surface area (Å²) in [6.45, 7) is 9.93. The first-order chi connectivity index (χ1) is 11.3. The molecule has 1 aromatic rings. The predicted octanol–water partition coefficient (Wildman–Crippen LogP) is 0.878. The molecule has 0 aromatic carbocycles. The van der Waals surface area contributed by atoms with Crippen LogP contribution in [0.4, 0.5) is 0 Å². The molecule has 24 heavy (non-hydrogen) atoms. The molecule has 1 aliphatic heterocycles. The average Bonchev–Trinajstić information content (AvgIpc) is 2.85. The van der Waals surface area contributed by atoms with Gasteiger partial charge in [0.05, 0.1) is 18.2 Å². The minimum Gasteiger partial charge on any atom is -0.361 e. The van der Waals surface area contributed by atoms with Crippen LogP contribution in [0.1, 0.15) is 37.3 Å². The van der Waals surface area contributed by atoms with E-state index >= 15 is 0 Å². The summed E-state index contributed by atoms with van der Waals surface area (Å²) < 4.78 is 5.10. The minimum absolute atomic E-state index is 0.0125. The van der Waals surface area contributed by atoms with E-state index in [9.17, 15) is 9.59 Å². The SMILES string of the molecule is Cc1noc(C)c1CC(=O)N1CCN(C(=O)[C@@H](N)CC(C)C)CC1. The number of carbonyl (C=O) groups excluding carboxylic acids is 2. The van der Waals surface area contributed by atoms with Crippen molar-refractivity contribution in [1.82, 2.24) is 15.0 Å². The molecule has 2 heterocycles. The molecule has 1 fully saturated rings. The lowest BCUT2D eigenvalue weighted by atomic mass is 10.0. The average molecular weight is 336 g/mol. The summed E-state index contributed by atoms with van der Waals surface area (Å²) >= 11 is 0. The van der Waals surface area contributed by atoms with Crippen molar-refractivity contribution in [3.63, 3.8) is 0 Å². The summed E-state index contributed by atoms with van der Waals surface area (Å²) in [6, 6.07) is -0.449. The van der Waals surface area contributed by atoms with E-state index in [0.717, 1.165) is 11.3 Å². The first-order valence-electron chi connectivity index (χ1n) is 8.53. The Kier molecular flexibility index (Phi) is 5.99. The molecule has 2 N–H and O–H groups in total. The molecule has 0 bridgehead atoms. The third kappa shape index (κ3) is 4.35. The Labute approximate surface area is 143 Å². The fraction of sp³-hybridized carbons (Fsp3) is 0.706. The van der Waals surface area contributed by atoms with Gasteiger partial charge in [-0.2, -0.15) is 0 Å². The van der Waals surface area contributed by atoms with Crippen LogP contribution in [0.3, 0.4) is 0 Å². The first kappa shape index (κ1) is 18.4. The van der Waals surface area contributed by atoms with Crippen LogP contribution in [0.25, 0.3) is 0 Å². The molecule has 1 aromatic heterocycles. The molecule has 2 amide bonds. The Balaban J connectivity index is 1.86. The molecule has 134 valence electrons. The topological polar surface area (TPSA) is 92.7 Å². The van der Waals surface area contributed by atoms with Crippen molar-refractivity contribution in [2.45, 2.75) is 46.6 Å². The summed E-state index contributed by atoms with van der Waals surface area (Å²) in [7, 11) is 0. The number of carbonyl (C=O) groups is 2. The molecule has 0 spiro atoms. The molecule has 0 unspecified atom stereocenters. The van der Waals surface area contributed by atoms with Crippen molar-refractivity contribution in [2.75, 3.05) is 26.2 Å². The van der Waals surface area contributed by atoms with Gasteiger partial charge in [0.2, 0.25) is 11.8 Å². The van der Waals surface area contributed by atoms with E-state index in [1.165, 1.54) is 0 Å². The van der Waals surface area contributed by atoms with Crippen LogP contribution in [0.2, 0.25) is 0 Å². The van der Waals surface area contributed by atoms with Gasteiger partial charge in [0, 0.05) is 31.7 Å². The highest BCUT2D eigenvalue weighted by molar-refractivity contribution is 5.83. The summed E-state index contributed by atoms with van der Waals surface area (Å²) in [5.41, 5.74) is 7.60. The second kappa shape index (κ2) is 7.79. The zero-order valence-electron chi connectivity index (χ0n) is 15.0. The monoisotopic (exact) mass is 336 g/mol.